The van der Waals surface area contributed by atoms with Gasteiger partial charge in [-0.2, -0.15) is 4.31 Å². The van der Waals surface area contributed by atoms with Crippen molar-refractivity contribution in [1.82, 2.24) is 14.3 Å². The average Bonchev–Trinajstić information content (AvgIpc) is 3.71. The summed E-state index contributed by atoms with van der Waals surface area (Å²) in [4.78, 5) is 22.7. The molecule has 2 aliphatic heterocycles. The number of methoxy groups -OCH3 is 1. The normalized spacial score (nSPS) is 16.3. The quantitative estimate of drug-likeness (QED) is 0.263. The lowest BCUT2D eigenvalue weighted by molar-refractivity contribution is -0.122. The largest absolute Gasteiger partial charge is 0.497 e. The van der Waals surface area contributed by atoms with Gasteiger partial charge in [0.15, 0.2) is 17.3 Å². The fourth-order valence-corrected chi connectivity index (χ4v) is 6.88. The Bertz CT molecular complexity index is 1750. The number of nitrogens with one attached hydrogen (secondary N) is 1. The predicted molar refractivity (Wildman–Crippen MR) is 157 cm³/mol. The highest BCUT2D eigenvalue weighted by Gasteiger charge is 2.39. The summed E-state index contributed by atoms with van der Waals surface area (Å²) in [5.41, 5.74) is 2.76. The summed E-state index contributed by atoms with van der Waals surface area (Å²) in [6.45, 7) is 0.378. The zero-order valence-electron chi connectivity index (χ0n) is 23.3. The van der Waals surface area contributed by atoms with Crippen LogP contribution in [0.3, 0.4) is 0 Å². The van der Waals surface area contributed by atoms with Crippen molar-refractivity contribution in [1.29, 1.82) is 0 Å². The lowest BCUT2D eigenvalue weighted by atomic mass is 10.0. The van der Waals surface area contributed by atoms with Crippen molar-refractivity contribution in [2.45, 2.75) is 36.6 Å². The van der Waals surface area contributed by atoms with Crippen molar-refractivity contribution in [2.75, 3.05) is 25.8 Å². The van der Waals surface area contributed by atoms with Crippen LogP contribution in [0, 0.1) is 5.82 Å². The van der Waals surface area contributed by atoms with E-state index < -0.39 is 21.9 Å². The van der Waals surface area contributed by atoms with Gasteiger partial charge in [-0.1, -0.05) is 0 Å². The van der Waals surface area contributed by atoms with Crippen LogP contribution in [0.25, 0.3) is 11.3 Å². The Labute approximate surface area is 248 Å². The molecule has 0 amide bonds. The molecular formula is C31H29FN4O6S. The Morgan fingerprint density at radius 3 is 2.56 bits per heavy atom. The van der Waals surface area contributed by atoms with Gasteiger partial charge in [-0.3, -0.25) is 4.79 Å². The summed E-state index contributed by atoms with van der Waals surface area (Å²) in [7, 11) is -2.35. The zero-order valence-corrected chi connectivity index (χ0v) is 24.1. The topological polar surface area (TPSA) is 120 Å². The molecule has 0 radical (unpaired) electrons. The van der Waals surface area contributed by atoms with Crippen molar-refractivity contribution in [3.8, 4) is 28.5 Å². The molecule has 43 heavy (non-hydrogen) atoms. The third-order valence-electron chi connectivity index (χ3n) is 7.42. The second kappa shape index (κ2) is 12.0. The highest BCUT2D eigenvalue weighted by atomic mass is 32.2. The van der Waals surface area contributed by atoms with Gasteiger partial charge in [-0.25, -0.2) is 22.8 Å². The summed E-state index contributed by atoms with van der Waals surface area (Å²) in [6, 6.07) is 18.5. The van der Waals surface area contributed by atoms with Crippen LogP contribution in [-0.2, 0) is 21.2 Å². The van der Waals surface area contributed by atoms with E-state index >= 15 is 0 Å². The third kappa shape index (κ3) is 6.15. The molecule has 222 valence electrons. The number of sulfonamides is 1. The number of hydrogen-bond acceptors (Lipinski definition) is 9. The molecule has 1 atom stereocenters. The number of ketones is 1. The number of anilines is 2. The second-order valence-corrected chi connectivity index (χ2v) is 12.1. The molecule has 12 heteroatoms. The molecule has 1 aromatic heterocycles. The number of nitrogens with zero attached hydrogens (tertiary/aromatic N) is 3. The van der Waals surface area contributed by atoms with Gasteiger partial charge in [0, 0.05) is 29.9 Å². The van der Waals surface area contributed by atoms with E-state index in [-0.39, 0.29) is 36.9 Å². The lowest BCUT2D eigenvalue weighted by Crippen LogP contribution is -2.40. The molecule has 3 heterocycles. The molecule has 1 fully saturated rings. The number of fused-ring (bicyclic) bond motifs is 1. The van der Waals surface area contributed by atoms with Gasteiger partial charge in [-0.15, -0.1) is 0 Å². The number of ether oxygens (including phenoxy) is 3. The second-order valence-electron chi connectivity index (χ2n) is 10.2. The summed E-state index contributed by atoms with van der Waals surface area (Å²) < 4.78 is 57.4. The highest BCUT2D eigenvalue weighted by molar-refractivity contribution is 7.89. The maximum atomic E-state index is 13.4. The Morgan fingerprint density at radius 1 is 1.02 bits per heavy atom. The van der Waals surface area contributed by atoms with Gasteiger partial charge in [-0.05, 0) is 92.1 Å². The Balaban J connectivity index is 1.24. The van der Waals surface area contributed by atoms with Crippen LogP contribution in [0.5, 0.6) is 17.2 Å². The highest BCUT2D eigenvalue weighted by Crippen LogP contribution is 2.36. The van der Waals surface area contributed by atoms with Crippen molar-refractivity contribution in [2.24, 2.45) is 0 Å². The first-order chi connectivity index (χ1) is 20.8. The van der Waals surface area contributed by atoms with Crippen molar-refractivity contribution < 1.29 is 31.8 Å². The molecule has 4 aromatic rings. The minimum Gasteiger partial charge on any atom is -0.497 e. The van der Waals surface area contributed by atoms with Crippen LogP contribution in [0.1, 0.15) is 25.0 Å². The number of carbonyl (C=O) groups is 1. The van der Waals surface area contributed by atoms with Crippen LogP contribution in [0.4, 0.5) is 16.0 Å². The number of rotatable bonds is 10. The van der Waals surface area contributed by atoms with E-state index in [1.54, 1.807) is 7.11 Å². The van der Waals surface area contributed by atoms with Gasteiger partial charge >= 0.3 is 0 Å². The number of carbonyl (C=O) groups excluding carboxylic acids is 1. The lowest BCUT2D eigenvalue weighted by Gasteiger charge is -2.23. The molecule has 0 unspecified atom stereocenters. The van der Waals surface area contributed by atoms with Crippen molar-refractivity contribution in [3.63, 3.8) is 0 Å². The molecule has 6 rings (SSSR count). The van der Waals surface area contributed by atoms with E-state index in [0.29, 0.717) is 47.4 Å². The summed E-state index contributed by atoms with van der Waals surface area (Å²) >= 11 is 0. The van der Waals surface area contributed by atoms with Gasteiger partial charge in [0.2, 0.25) is 22.8 Å². The average molecular weight is 605 g/mol. The summed E-state index contributed by atoms with van der Waals surface area (Å²) in [6.07, 6.45) is 1.35. The smallest absolute Gasteiger partial charge is 0.243 e. The molecule has 0 saturated carbocycles. The molecule has 0 aliphatic carbocycles. The maximum absolute atomic E-state index is 13.4. The number of Topliss-reactive ketones (excluding diaryl/α,β-unsaturated/α-hetero) is 1. The van der Waals surface area contributed by atoms with Gasteiger partial charge in [0.05, 0.1) is 23.7 Å². The van der Waals surface area contributed by atoms with Crippen LogP contribution in [0.15, 0.2) is 77.7 Å². The molecule has 3 aromatic carbocycles. The fraction of sp³-hybridized carbons (Fsp3) is 0.258. The minimum absolute atomic E-state index is 0.0352. The number of benzene rings is 3. The van der Waals surface area contributed by atoms with Gasteiger partial charge in [0.1, 0.15) is 11.6 Å². The summed E-state index contributed by atoms with van der Waals surface area (Å²) in [5.74, 6) is 1.58. The first-order valence-corrected chi connectivity index (χ1v) is 15.2. The maximum Gasteiger partial charge on any atom is 0.243 e. The molecule has 10 nitrogen and oxygen atoms in total. The van der Waals surface area contributed by atoms with E-state index in [9.17, 15) is 17.6 Å². The predicted octanol–water partition coefficient (Wildman–Crippen LogP) is 5.12. The first kappa shape index (κ1) is 28.6. The van der Waals surface area contributed by atoms with Crippen molar-refractivity contribution in [3.05, 3.63) is 84.3 Å². The van der Waals surface area contributed by atoms with Crippen LogP contribution in [-0.4, -0.2) is 55.0 Å². The minimum atomic E-state index is -3.95. The Hall–Kier alpha value is -4.55. The molecule has 1 saturated heterocycles. The number of aryl methyl sites for hydroxylation is 1. The zero-order chi connectivity index (χ0) is 30.0. The number of halogens is 1. The Kier molecular flexibility index (Phi) is 7.96. The number of aromatic nitrogens is 2. The van der Waals surface area contributed by atoms with E-state index in [2.05, 4.69) is 10.3 Å². The third-order valence-corrected chi connectivity index (χ3v) is 9.34. The van der Waals surface area contributed by atoms with Crippen LogP contribution >= 0.6 is 0 Å². The molecule has 1 N–H and O–H groups in total. The standard InChI is InChI=1S/C31H29FN4O6S/c1-40-24-10-7-22(8-11-24)33-31-34-23(18-26(35-31)20-4-15-29-30(17-20)42-19-41-29)9-14-28(37)27-3-2-16-36(27)43(38,39)25-12-5-21(32)6-13-25/h4-8,10-13,15,17-18,27H,2-3,9,14,16,19H2,1H3,(H,33,34,35)/t27-/m0/s1. The van der Waals surface area contributed by atoms with Gasteiger partial charge < -0.3 is 19.5 Å². The molecular weight excluding hydrogens is 575 g/mol. The van der Waals surface area contributed by atoms with Crippen LogP contribution in [0.2, 0.25) is 0 Å². The van der Waals surface area contributed by atoms with Crippen molar-refractivity contribution >= 4 is 27.4 Å². The van der Waals surface area contributed by atoms with Crippen LogP contribution < -0.4 is 19.5 Å². The SMILES string of the molecule is COc1ccc(Nc2nc(CCC(=O)[C@@H]3CCCN3S(=O)(=O)c3ccc(F)cc3)cc(-c3ccc4c(c3)OCO4)n2)cc1. The van der Waals surface area contributed by atoms with E-state index in [1.165, 1.54) is 16.4 Å². The van der Waals surface area contributed by atoms with E-state index in [4.69, 9.17) is 19.2 Å². The summed E-state index contributed by atoms with van der Waals surface area (Å²) in [5, 5.41) is 3.22. The monoisotopic (exact) mass is 604 g/mol. The Morgan fingerprint density at radius 2 is 1.79 bits per heavy atom. The first-order valence-electron chi connectivity index (χ1n) is 13.8. The fourth-order valence-electron chi connectivity index (χ4n) is 5.20. The number of hydrogen-bond donors (Lipinski definition) is 1. The molecule has 2 aliphatic rings. The van der Waals surface area contributed by atoms with Gasteiger partial charge in [0.25, 0.3) is 0 Å². The van der Waals surface area contributed by atoms with E-state index in [1.807, 2.05) is 48.5 Å². The van der Waals surface area contributed by atoms with E-state index in [0.717, 1.165) is 23.4 Å². The molecule has 0 spiro atoms. The molecule has 0 bridgehead atoms.